The summed E-state index contributed by atoms with van der Waals surface area (Å²) in [4.78, 5) is 11.2. The molecule has 3 heterocycles. The number of nitrogens with one attached hydrogen (secondary N) is 1. The van der Waals surface area contributed by atoms with Crippen LogP contribution in [0.5, 0.6) is 0 Å². The molecule has 1 N–H and O–H groups in total. The van der Waals surface area contributed by atoms with E-state index in [0.29, 0.717) is 29.0 Å². The normalized spacial score (nSPS) is 20.2. The van der Waals surface area contributed by atoms with Gasteiger partial charge in [0.25, 0.3) is 0 Å². The van der Waals surface area contributed by atoms with Crippen molar-refractivity contribution >= 4 is 28.3 Å². The van der Waals surface area contributed by atoms with Gasteiger partial charge in [0.1, 0.15) is 5.82 Å². The summed E-state index contributed by atoms with van der Waals surface area (Å²) in [6, 6.07) is 5.54. The van der Waals surface area contributed by atoms with Crippen molar-refractivity contribution in [1.82, 2.24) is 24.0 Å². The maximum atomic E-state index is 14.5. The monoisotopic (exact) mass is 487 g/mol. The fourth-order valence-electron chi connectivity index (χ4n) is 4.70. The molecule has 1 fully saturated rings. The van der Waals surface area contributed by atoms with Crippen LogP contribution in [0.15, 0.2) is 30.5 Å². The minimum Gasteiger partial charge on any atom is -0.350 e. The fraction of sp³-hybridized carbons (Fsp3) is 0.391. The average Bonchev–Trinajstić information content (AvgIpc) is 3.52. The van der Waals surface area contributed by atoms with Gasteiger partial charge in [-0.15, -0.1) is 5.10 Å². The van der Waals surface area contributed by atoms with Gasteiger partial charge < -0.3 is 10.2 Å². The molecule has 1 aliphatic rings. The number of hydrogen-bond donors (Lipinski definition) is 1. The predicted octanol–water partition coefficient (Wildman–Crippen LogP) is 4.94. The number of pyridine rings is 1. The molecule has 0 bridgehead atoms. The number of halogens is 3. The molecule has 0 spiro atoms. The molecule has 0 radical (unpaired) electrons. The number of aromatic nitrogens is 5. The van der Waals surface area contributed by atoms with Crippen molar-refractivity contribution in [2.24, 2.45) is 11.8 Å². The summed E-state index contributed by atoms with van der Waals surface area (Å²) in [5.74, 6) is -2.05. The summed E-state index contributed by atoms with van der Waals surface area (Å²) in [6.45, 7) is 4.89. The van der Waals surface area contributed by atoms with Crippen LogP contribution < -0.4 is 10.2 Å². The Morgan fingerprint density at radius 2 is 1.94 bits per heavy atom. The van der Waals surface area contributed by atoms with Crippen LogP contribution in [0.2, 0.25) is 0 Å². The zero-order valence-electron chi connectivity index (χ0n) is 19.0. The van der Waals surface area contributed by atoms with Crippen molar-refractivity contribution in [3.8, 4) is 11.1 Å². The molecule has 34 heavy (non-hydrogen) atoms. The Morgan fingerprint density at radius 1 is 1.12 bits per heavy atom. The van der Waals surface area contributed by atoms with E-state index in [-0.39, 0.29) is 11.6 Å². The van der Waals surface area contributed by atoms with E-state index in [1.165, 1.54) is 22.1 Å². The summed E-state index contributed by atoms with van der Waals surface area (Å²) in [5.41, 5.74) is 0.630. The lowest BCUT2D eigenvalue weighted by Crippen LogP contribution is -2.36. The van der Waals surface area contributed by atoms with Crippen LogP contribution in [0.1, 0.15) is 25.6 Å². The van der Waals surface area contributed by atoms with Crippen molar-refractivity contribution in [2.45, 2.75) is 32.7 Å². The number of benzene rings is 1. The van der Waals surface area contributed by atoms with Crippen LogP contribution in [0.25, 0.3) is 16.8 Å². The van der Waals surface area contributed by atoms with E-state index in [1.54, 1.807) is 18.3 Å². The zero-order valence-corrected chi connectivity index (χ0v) is 19.8. The second kappa shape index (κ2) is 8.86. The van der Waals surface area contributed by atoms with Crippen LogP contribution in [0, 0.1) is 36.2 Å². The maximum absolute atomic E-state index is 14.5. The molecule has 178 valence electrons. The molecule has 0 amide bonds. The number of nitrogens with zero attached hydrogens (tertiary/aromatic N) is 6. The van der Waals surface area contributed by atoms with Gasteiger partial charge in [0.15, 0.2) is 23.1 Å². The Balaban J connectivity index is 1.41. The molecule has 4 aromatic rings. The lowest BCUT2D eigenvalue weighted by Gasteiger charge is -2.27. The van der Waals surface area contributed by atoms with Crippen molar-refractivity contribution in [2.75, 3.05) is 23.8 Å². The van der Waals surface area contributed by atoms with Gasteiger partial charge in [-0.05, 0) is 55.9 Å². The first-order chi connectivity index (χ1) is 16.3. The molecule has 7 nitrogen and oxygen atoms in total. The summed E-state index contributed by atoms with van der Waals surface area (Å²) in [5, 5.41) is 8.88. The molecular formula is C23H24F3N7S. The molecule has 3 aromatic heterocycles. The van der Waals surface area contributed by atoms with E-state index in [2.05, 4.69) is 36.6 Å². The first-order valence-electron chi connectivity index (χ1n) is 11.1. The molecule has 11 heteroatoms. The van der Waals surface area contributed by atoms with Gasteiger partial charge in [0, 0.05) is 48.5 Å². The van der Waals surface area contributed by atoms with Crippen LogP contribution in [-0.2, 0) is 0 Å². The van der Waals surface area contributed by atoms with Crippen molar-refractivity contribution in [1.29, 1.82) is 0 Å². The van der Waals surface area contributed by atoms with Gasteiger partial charge in [-0.1, -0.05) is 6.92 Å². The van der Waals surface area contributed by atoms with E-state index < -0.39 is 17.5 Å². The van der Waals surface area contributed by atoms with Gasteiger partial charge >= 0.3 is 0 Å². The lowest BCUT2D eigenvalue weighted by molar-refractivity contribution is 0.449. The first kappa shape index (κ1) is 22.6. The minimum atomic E-state index is -1.50. The Bertz CT molecular complexity index is 1340. The average molecular weight is 488 g/mol. The van der Waals surface area contributed by atoms with E-state index in [1.807, 2.05) is 14.0 Å². The summed E-state index contributed by atoms with van der Waals surface area (Å²) >= 11 is 1.39. The lowest BCUT2D eigenvalue weighted by atomic mass is 9.98. The van der Waals surface area contributed by atoms with Crippen molar-refractivity contribution < 1.29 is 13.2 Å². The largest absolute Gasteiger partial charge is 0.350 e. The summed E-state index contributed by atoms with van der Waals surface area (Å²) in [7, 11) is 2.02. The quantitative estimate of drug-likeness (QED) is 0.389. The second-order valence-corrected chi connectivity index (χ2v) is 9.57. The van der Waals surface area contributed by atoms with E-state index in [0.717, 1.165) is 36.4 Å². The fourth-order valence-corrected chi connectivity index (χ4v) is 5.34. The topological polar surface area (TPSA) is 71.2 Å². The number of fused-ring (bicyclic) bond motifs is 1. The molecule has 3 atom stereocenters. The Kier molecular flexibility index (Phi) is 5.88. The third-order valence-corrected chi connectivity index (χ3v) is 7.37. The summed E-state index contributed by atoms with van der Waals surface area (Å²) in [6.07, 6.45) is 3.82. The van der Waals surface area contributed by atoms with Gasteiger partial charge in [-0.25, -0.2) is 22.7 Å². The molecule has 3 unspecified atom stereocenters. The smallest absolute Gasteiger partial charge is 0.243 e. The van der Waals surface area contributed by atoms with Crippen LogP contribution in [0.3, 0.4) is 0 Å². The Hall–Kier alpha value is -3.21. The highest BCUT2D eigenvalue weighted by atomic mass is 32.1. The molecule has 1 saturated carbocycles. The third kappa shape index (κ3) is 4.08. The molecule has 0 saturated heterocycles. The van der Waals surface area contributed by atoms with Crippen LogP contribution >= 0.6 is 11.5 Å². The minimum absolute atomic E-state index is 0.0652. The third-order valence-electron chi connectivity index (χ3n) is 6.45. The zero-order chi connectivity index (χ0) is 24.0. The molecule has 1 aromatic carbocycles. The highest BCUT2D eigenvalue weighted by Crippen LogP contribution is 2.35. The van der Waals surface area contributed by atoms with Gasteiger partial charge in [-0.3, -0.25) is 0 Å². The highest BCUT2D eigenvalue weighted by molar-refractivity contribution is 7.09. The maximum Gasteiger partial charge on any atom is 0.243 e. The predicted molar refractivity (Wildman–Crippen MR) is 126 cm³/mol. The van der Waals surface area contributed by atoms with Crippen molar-refractivity contribution in [3.05, 3.63) is 53.7 Å². The van der Waals surface area contributed by atoms with E-state index in [4.69, 9.17) is 0 Å². The van der Waals surface area contributed by atoms with Crippen LogP contribution in [0.4, 0.5) is 24.3 Å². The van der Waals surface area contributed by atoms with Crippen LogP contribution in [-0.4, -0.2) is 43.6 Å². The number of hydrogen-bond acceptors (Lipinski definition) is 7. The SMILES string of the molecule is Cc1nsc(N(C)CC2CCC(C)C2Nc2nc3c(-c4ccc(F)c(F)c4F)cccn3n2)n1. The first-order valence-corrected chi connectivity index (χ1v) is 11.9. The standard InChI is InChI=1S/C23H24F3N7S/c1-12-6-7-14(11-32(3)23-27-13(2)31-34-23)20(12)28-22-29-21-16(5-4-10-33(21)30-22)15-8-9-17(24)19(26)18(15)25/h4-5,8-10,12,14,20H,6-7,11H2,1-3H3,(H,28,30). The van der Waals surface area contributed by atoms with Gasteiger partial charge in [0.05, 0.1) is 0 Å². The number of rotatable bonds is 6. The second-order valence-electron chi connectivity index (χ2n) is 8.84. The molecule has 0 aliphatic heterocycles. The molecule has 1 aliphatic carbocycles. The van der Waals surface area contributed by atoms with Gasteiger partial charge in [0.2, 0.25) is 11.1 Å². The van der Waals surface area contributed by atoms with E-state index >= 15 is 0 Å². The number of anilines is 2. The molecular weight excluding hydrogens is 463 g/mol. The van der Waals surface area contributed by atoms with Gasteiger partial charge in [-0.2, -0.15) is 9.36 Å². The summed E-state index contributed by atoms with van der Waals surface area (Å²) < 4.78 is 47.5. The molecule has 5 rings (SSSR count). The number of aryl methyl sites for hydroxylation is 1. The van der Waals surface area contributed by atoms with E-state index in [9.17, 15) is 13.2 Å². The highest BCUT2D eigenvalue weighted by Gasteiger charge is 2.35. The Morgan fingerprint density at radius 3 is 2.71 bits per heavy atom. The van der Waals surface area contributed by atoms with Crippen molar-refractivity contribution in [3.63, 3.8) is 0 Å². The Labute approximate surface area is 198 Å².